The van der Waals surface area contributed by atoms with E-state index < -0.39 is 23.9 Å². The van der Waals surface area contributed by atoms with Crippen LogP contribution in [0.1, 0.15) is 85.9 Å². The molecule has 0 saturated carbocycles. The molecule has 0 aliphatic rings. The maximum atomic E-state index is 12.2. The number of carbonyl (C=O) groups excluding carboxylic acids is 4. The topological polar surface area (TPSA) is 105 Å². The zero-order valence-corrected chi connectivity index (χ0v) is 21.0. The first-order valence-corrected chi connectivity index (χ1v) is 12.4. The molecule has 0 fully saturated rings. The second-order valence-electron chi connectivity index (χ2n) is 8.00. The van der Waals surface area contributed by atoms with Crippen LogP contribution in [0.15, 0.2) is 48.5 Å². The molecule has 0 aromatic heterocycles. The van der Waals surface area contributed by atoms with E-state index in [1.165, 1.54) is 0 Å². The molecule has 0 aliphatic heterocycles. The Balaban J connectivity index is 1.60. The first kappa shape index (κ1) is 28.6. The molecule has 0 atom stereocenters. The van der Waals surface area contributed by atoms with Gasteiger partial charge >= 0.3 is 23.9 Å². The summed E-state index contributed by atoms with van der Waals surface area (Å²) in [5.74, 6) is -1.41. The van der Waals surface area contributed by atoms with E-state index in [0.717, 1.165) is 25.7 Å². The van der Waals surface area contributed by atoms with E-state index in [9.17, 15) is 19.2 Å². The molecular weight excluding hydrogens is 464 g/mol. The lowest BCUT2D eigenvalue weighted by Crippen LogP contribution is -2.12. The van der Waals surface area contributed by atoms with Crippen LogP contribution in [0.2, 0.25) is 0 Å². The zero-order valence-electron chi connectivity index (χ0n) is 21.0. The van der Waals surface area contributed by atoms with Gasteiger partial charge in [0.05, 0.1) is 13.2 Å². The zero-order chi connectivity index (χ0) is 26.2. The average molecular weight is 499 g/mol. The van der Waals surface area contributed by atoms with Gasteiger partial charge in [0.1, 0.15) is 22.6 Å². The highest BCUT2D eigenvalue weighted by molar-refractivity contribution is 5.94. The molecule has 0 aliphatic carbocycles. The number of para-hydroxylation sites is 2. The van der Waals surface area contributed by atoms with Gasteiger partial charge in [-0.05, 0) is 51.0 Å². The fourth-order valence-corrected chi connectivity index (χ4v) is 3.46. The summed E-state index contributed by atoms with van der Waals surface area (Å²) < 4.78 is 20.7. The third kappa shape index (κ3) is 9.90. The number of ether oxygens (including phenoxy) is 4. The molecule has 0 bridgehead atoms. The van der Waals surface area contributed by atoms with Crippen molar-refractivity contribution in [3.63, 3.8) is 0 Å². The van der Waals surface area contributed by atoms with Gasteiger partial charge in [-0.1, -0.05) is 49.9 Å². The predicted octanol–water partition coefficient (Wildman–Crippen LogP) is 5.67. The first-order valence-electron chi connectivity index (χ1n) is 12.4. The fraction of sp³-hybridized carbons (Fsp3) is 0.429. The molecule has 0 N–H and O–H groups in total. The highest BCUT2D eigenvalue weighted by Gasteiger charge is 2.17. The standard InChI is InChI=1S/C28H34O8/c1-3-33-27(31)21-15-11-13-17-23(21)35-25(29)19-9-7-5-6-8-10-20-26(30)36-24-18-14-12-16-22(24)28(32)34-4-2/h11-18H,3-10,19-20H2,1-2H3. The fourth-order valence-electron chi connectivity index (χ4n) is 3.46. The van der Waals surface area contributed by atoms with Gasteiger partial charge in [-0.25, -0.2) is 9.59 Å². The maximum Gasteiger partial charge on any atom is 0.341 e. The minimum atomic E-state index is -0.520. The molecule has 2 aromatic carbocycles. The molecule has 0 unspecified atom stereocenters. The molecule has 194 valence electrons. The van der Waals surface area contributed by atoms with Crippen molar-refractivity contribution in [2.24, 2.45) is 0 Å². The summed E-state index contributed by atoms with van der Waals surface area (Å²) in [7, 11) is 0. The number of benzene rings is 2. The molecule has 0 amide bonds. The van der Waals surface area contributed by atoms with E-state index in [2.05, 4.69) is 0 Å². The Hall–Kier alpha value is -3.68. The molecule has 0 saturated heterocycles. The lowest BCUT2D eigenvalue weighted by molar-refractivity contribution is -0.135. The highest BCUT2D eigenvalue weighted by atomic mass is 16.6. The Bertz CT molecular complexity index is 933. The molecular formula is C28H34O8. The minimum absolute atomic E-state index is 0.206. The first-order chi connectivity index (χ1) is 17.5. The van der Waals surface area contributed by atoms with Gasteiger partial charge in [0, 0.05) is 12.8 Å². The van der Waals surface area contributed by atoms with E-state index >= 15 is 0 Å². The highest BCUT2D eigenvalue weighted by Crippen LogP contribution is 2.21. The summed E-state index contributed by atoms with van der Waals surface area (Å²) in [4.78, 5) is 48.2. The number of carbonyl (C=O) groups is 4. The Morgan fingerprint density at radius 1 is 0.556 bits per heavy atom. The number of hydrogen-bond donors (Lipinski definition) is 0. The van der Waals surface area contributed by atoms with Crippen molar-refractivity contribution in [3.8, 4) is 11.5 Å². The van der Waals surface area contributed by atoms with Crippen molar-refractivity contribution in [2.45, 2.75) is 65.2 Å². The number of unbranched alkanes of at least 4 members (excludes halogenated alkanes) is 5. The van der Waals surface area contributed by atoms with Crippen LogP contribution in [0.4, 0.5) is 0 Å². The summed E-state index contributed by atoms with van der Waals surface area (Å²) in [5, 5.41) is 0. The quantitative estimate of drug-likeness (QED) is 0.176. The molecule has 2 rings (SSSR count). The van der Waals surface area contributed by atoms with Crippen LogP contribution in [0.5, 0.6) is 11.5 Å². The van der Waals surface area contributed by atoms with Crippen LogP contribution in [-0.2, 0) is 19.1 Å². The number of hydrogen-bond acceptors (Lipinski definition) is 8. The molecule has 8 nitrogen and oxygen atoms in total. The van der Waals surface area contributed by atoms with Crippen LogP contribution >= 0.6 is 0 Å². The normalized spacial score (nSPS) is 10.4. The minimum Gasteiger partial charge on any atom is -0.462 e. The molecule has 0 radical (unpaired) electrons. The molecule has 0 spiro atoms. The summed E-state index contributed by atoms with van der Waals surface area (Å²) in [6.45, 7) is 3.91. The Kier molecular flexibility index (Phi) is 12.8. The maximum absolute atomic E-state index is 12.2. The summed E-state index contributed by atoms with van der Waals surface area (Å²) in [6, 6.07) is 13.0. The van der Waals surface area contributed by atoms with Crippen LogP contribution < -0.4 is 9.47 Å². The van der Waals surface area contributed by atoms with E-state index in [1.807, 2.05) is 0 Å². The van der Waals surface area contributed by atoms with Crippen LogP contribution in [0, 0.1) is 0 Å². The Morgan fingerprint density at radius 3 is 1.31 bits per heavy atom. The van der Waals surface area contributed by atoms with Gasteiger partial charge in [-0.3, -0.25) is 9.59 Å². The van der Waals surface area contributed by atoms with Crippen LogP contribution in [-0.4, -0.2) is 37.1 Å². The van der Waals surface area contributed by atoms with Crippen molar-refractivity contribution < 1.29 is 38.1 Å². The van der Waals surface area contributed by atoms with Crippen molar-refractivity contribution in [1.29, 1.82) is 0 Å². The summed E-state index contributed by atoms with van der Waals surface area (Å²) in [5.41, 5.74) is 0.464. The molecule has 8 heteroatoms. The van der Waals surface area contributed by atoms with Gasteiger partial charge in [0.25, 0.3) is 0 Å². The van der Waals surface area contributed by atoms with Crippen LogP contribution in [0.3, 0.4) is 0 Å². The van der Waals surface area contributed by atoms with Gasteiger partial charge in [-0.2, -0.15) is 0 Å². The van der Waals surface area contributed by atoms with Gasteiger partial charge in [0.2, 0.25) is 0 Å². The predicted molar refractivity (Wildman–Crippen MR) is 133 cm³/mol. The van der Waals surface area contributed by atoms with E-state index in [-0.39, 0.29) is 48.7 Å². The lowest BCUT2D eigenvalue weighted by atomic mass is 10.1. The number of rotatable bonds is 15. The van der Waals surface area contributed by atoms with Crippen molar-refractivity contribution >= 4 is 23.9 Å². The number of esters is 4. The lowest BCUT2D eigenvalue weighted by Gasteiger charge is -2.09. The summed E-state index contributed by atoms with van der Waals surface area (Å²) >= 11 is 0. The molecule has 2 aromatic rings. The Labute approximate surface area is 211 Å². The van der Waals surface area contributed by atoms with E-state index in [4.69, 9.17) is 18.9 Å². The SMILES string of the molecule is CCOC(=O)c1ccccc1OC(=O)CCCCCCCCC(=O)Oc1ccccc1C(=O)OCC. The van der Waals surface area contributed by atoms with Gasteiger partial charge < -0.3 is 18.9 Å². The van der Waals surface area contributed by atoms with E-state index in [0.29, 0.717) is 12.8 Å². The second kappa shape index (κ2) is 16.1. The van der Waals surface area contributed by atoms with E-state index in [1.54, 1.807) is 62.4 Å². The van der Waals surface area contributed by atoms with Crippen molar-refractivity contribution in [1.82, 2.24) is 0 Å². The smallest absolute Gasteiger partial charge is 0.341 e. The van der Waals surface area contributed by atoms with Gasteiger partial charge in [0.15, 0.2) is 0 Å². The summed E-state index contributed by atoms with van der Waals surface area (Å²) in [6.07, 6.45) is 5.41. The second-order valence-corrected chi connectivity index (χ2v) is 8.00. The monoisotopic (exact) mass is 498 g/mol. The third-order valence-electron chi connectivity index (χ3n) is 5.22. The molecule has 36 heavy (non-hydrogen) atoms. The van der Waals surface area contributed by atoms with Crippen molar-refractivity contribution in [3.05, 3.63) is 59.7 Å². The van der Waals surface area contributed by atoms with Crippen molar-refractivity contribution in [2.75, 3.05) is 13.2 Å². The average Bonchev–Trinajstić information content (AvgIpc) is 2.86. The third-order valence-corrected chi connectivity index (χ3v) is 5.22. The van der Waals surface area contributed by atoms with Crippen LogP contribution in [0.25, 0.3) is 0 Å². The largest absolute Gasteiger partial charge is 0.462 e. The Morgan fingerprint density at radius 2 is 0.917 bits per heavy atom. The molecule has 0 heterocycles. The van der Waals surface area contributed by atoms with Gasteiger partial charge in [-0.15, -0.1) is 0 Å².